The van der Waals surface area contributed by atoms with Gasteiger partial charge in [0, 0.05) is 44.2 Å². The van der Waals surface area contributed by atoms with Gasteiger partial charge < -0.3 is 25.0 Å². The highest BCUT2D eigenvalue weighted by molar-refractivity contribution is 5.95. The van der Waals surface area contributed by atoms with E-state index in [0.717, 1.165) is 5.56 Å². The fourth-order valence-corrected chi connectivity index (χ4v) is 3.51. The van der Waals surface area contributed by atoms with E-state index < -0.39 is 0 Å². The predicted molar refractivity (Wildman–Crippen MR) is 103 cm³/mol. The van der Waals surface area contributed by atoms with Gasteiger partial charge in [-0.15, -0.1) is 0 Å². The molecule has 7 heteroatoms. The summed E-state index contributed by atoms with van der Waals surface area (Å²) >= 11 is 0. The van der Waals surface area contributed by atoms with Crippen molar-refractivity contribution >= 4 is 11.8 Å². The van der Waals surface area contributed by atoms with Gasteiger partial charge in [-0.25, -0.2) is 0 Å². The van der Waals surface area contributed by atoms with Gasteiger partial charge in [0.2, 0.25) is 12.7 Å². The Morgan fingerprint density at radius 1 is 0.929 bits per heavy atom. The average molecular weight is 381 g/mol. The second-order valence-electron chi connectivity index (χ2n) is 6.96. The number of nitrogens with zero attached hydrogens (tertiary/aromatic N) is 2. The minimum atomic E-state index is -0.318. The molecule has 2 aromatic carbocycles. The second kappa shape index (κ2) is 7.90. The summed E-state index contributed by atoms with van der Waals surface area (Å²) < 4.78 is 10.6. The third-order valence-electron chi connectivity index (χ3n) is 5.16. The summed E-state index contributed by atoms with van der Waals surface area (Å²) in [5.41, 5.74) is 7.68. The number of hydrogen-bond acceptors (Lipinski definition) is 5. The van der Waals surface area contributed by atoms with E-state index in [1.54, 1.807) is 28.0 Å². The minimum absolute atomic E-state index is 0.0199. The Morgan fingerprint density at radius 3 is 2.36 bits per heavy atom. The van der Waals surface area contributed by atoms with Crippen molar-refractivity contribution in [2.45, 2.75) is 12.5 Å². The van der Waals surface area contributed by atoms with Crippen molar-refractivity contribution in [1.82, 2.24) is 9.80 Å². The van der Waals surface area contributed by atoms with E-state index in [1.807, 2.05) is 30.3 Å². The van der Waals surface area contributed by atoms with E-state index >= 15 is 0 Å². The van der Waals surface area contributed by atoms with Crippen molar-refractivity contribution in [2.24, 2.45) is 5.73 Å². The van der Waals surface area contributed by atoms with Crippen molar-refractivity contribution in [1.29, 1.82) is 0 Å². The Hall–Kier alpha value is -3.06. The molecule has 0 aliphatic carbocycles. The molecule has 0 radical (unpaired) electrons. The fraction of sp³-hybridized carbons (Fsp3) is 0.333. The maximum Gasteiger partial charge on any atom is 0.254 e. The van der Waals surface area contributed by atoms with E-state index in [2.05, 4.69) is 0 Å². The number of benzene rings is 2. The Labute approximate surface area is 163 Å². The third-order valence-corrected chi connectivity index (χ3v) is 5.16. The molecular formula is C21H23N3O4. The lowest BCUT2D eigenvalue weighted by molar-refractivity contribution is -0.133. The molecule has 2 N–H and O–H groups in total. The van der Waals surface area contributed by atoms with Crippen LogP contribution < -0.4 is 15.2 Å². The van der Waals surface area contributed by atoms with Crippen molar-refractivity contribution < 1.29 is 19.1 Å². The summed E-state index contributed by atoms with van der Waals surface area (Å²) in [6.45, 7) is 2.20. The second-order valence-corrected chi connectivity index (χ2v) is 6.96. The van der Waals surface area contributed by atoms with Gasteiger partial charge in [0.05, 0.1) is 0 Å². The average Bonchev–Trinajstić information content (AvgIpc) is 3.22. The molecule has 4 rings (SSSR count). The molecule has 28 heavy (non-hydrogen) atoms. The lowest BCUT2D eigenvalue weighted by Crippen LogP contribution is -2.51. The number of fused-ring (bicyclic) bond motifs is 1. The summed E-state index contributed by atoms with van der Waals surface area (Å²) in [5.74, 6) is 1.20. The molecule has 2 aliphatic rings. The molecule has 0 saturated carbocycles. The molecule has 0 aromatic heterocycles. The van der Waals surface area contributed by atoms with Crippen LogP contribution in [0.2, 0.25) is 0 Å². The molecule has 0 spiro atoms. The smallest absolute Gasteiger partial charge is 0.254 e. The number of piperazine rings is 1. The molecule has 7 nitrogen and oxygen atoms in total. The van der Waals surface area contributed by atoms with Crippen molar-refractivity contribution in [3.8, 4) is 11.5 Å². The number of carbonyl (C=O) groups excluding carboxylic acids is 2. The van der Waals surface area contributed by atoms with E-state index in [1.165, 1.54) is 0 Å². The van der Waals surface area contributed by atoms with Crippen LogP contribution in [0.25, 0.3) is 0 Å². The zero-order valence-electron chi connectivity index (χ0n) is 15.5. The van der Waals surface area contributed by atoms with Gasteiger partial charge in [0.15, 0.2) is 11.5 Å². The topological polar surface area (TPSA) is 85.1 Å². The van der Waals surface area contributed by atoms with Gasteiger partial charge in [0.1, 0.15) is 0 Å². The van der Waals surface area contributed by atoms with Gasteiger partial charge >= 0.3 is 0 Å². The lowest BCUT2D eigenvalue weighted by atomic mass is 10.0. The number of rotatable bonds is 4. The van der Waals surface area contributed by atoms with Crippen LogP contribution in [-0.4, -0.2) is 54.6 Å². The maximum absolute atomic E-state index is 12.7. The molecule has 2 aliphatic heterocycles. The number of amides is 2. The summed E-state index contributed by atoms with van der Waals surface area (Å²) in [7, 11) is 0. The summed E-state index contributed by atoms with van der Waals surface area (Å²) in [6.07, 6.45) is 0.264. The number of ether oxygens (including phenoxy) is 2. The highest BCUT2D eigenvalue weighted by Crippen LogP contribution is 2.32. The molecule has 0 bridgehead atoms. The van der Waals surface area contributed by atoms with Crippen LogP contribution in [0, 0.1) is 0 Å². The molecule has 1 fully saturated rings. The quantitative estimate of drug-likeness (QED) is 0.873. The first-order valence-corrected chi connectivity index (χ1v) is 9.39. The van der Waals surface area contributed by atoms with Crippen LogP contribution in [0.15, 0.2) is 48.5 Å². The zero-order chi connectivity index (χ0) is 19.5. The molecule has 2 heterocycles. The summed E-state index contributed by atoms with van der Waals surface area (Å²) in [5, 5.41) is 0. The predicted octanol–water partition coefficient (Wildman–Crippen LogP) is 1.79. The maximum atomic E-state index is 12.7. The molecule has 2 amide bonds. The largest absolute Gasteiger partial charge is 0.454 e. The highest BCUT2D eigenvalue weighted by atomic mass is 16.7. The molecule has 146 valence electrons. The van der Waals surface area contributed by atoms with E-state index in [0.29, 0.717) is 43.2 Å². The third kappa shape index (κ3) is 3.80. The van der Waals surface area contributed by atoms with E-state index in [9.17, 15) is 9.59 Å². The number of hydrogen-bond donors (Lipinski definition) is 1. The zero-order valence-corrected chi connectivity index (χ0v) is 15.5. The lowest BCUT2D eigenvalue weighted by Gasteiger charge is -2.35. The minimum Gasteiger partial charge on any atom is -0.454 e. The number of nitrogens with two attached hydrogens (primary N) is 1. The Morgan fingerprint density at radius 2 is 1.61 bits per heavy atom. The molecule has 1 saturated heterocycles. The number of carbonyl (C=O) groups is 2. The molecular weight excluding hydrogens is 358 g/mol. The Kier molecular flexibility index (Phi) is 5.16. The van der Waals surface area contributed by atoms with Gasteiger partial charge in [-0.2, -0.15) is 0 Å². The Bertz CT molecular complexity index is 863. The van der Waals surface area contributed by atoms with Crippen LogP contribution in [0.1, 0.15) is 28.4 Å². The SMILES string of the molecule is NC(CC(=O)N1CCN(C(=O)c2ccc3c(c2)OCO3)CC1)c1ccccc1. The van der Waals surface area contributed by atoms with Gasteiger partial charge in [-0.1, -0.05) is 30.3 Å². The molecule has 1 unspecified atom stereocenters. The molecule has 1 atom stereocenters. The van der Waals surface area contributed by atoms with E-state index in [4.69, 9.17) is 15.2 Å². The van der Waals surface area contributed by atoms with Gasteiger partial charge in [-0.3, -0.25) is 9.59 Å². The van der Waals surface area contributed by atoms with Crippen molar-refractivity contribution in [3.63, 3.8) is 0 Å². The standard InChI is InChI=1S/C21H23N3O4/c22-17(15-4-2-1-3-5-15)13-20(25)23-8-10-24(11-9-23)21(26)16-6-7-18-19(12-16)28-14-27-18/h1-7,12,17H,8-11,13-14,22H2. The molecule has 2 aromatic rings. The van der Waals surface area contributed by atoms with Crippen LogP contribution >= 0.6 is 0 Å². The van der Waals surface area contributed by atoms with Crippen LogP contribution in [0.3, 0.4) is 0 Å². The van der Waals surface area contributed by atoms with Crippen LogP contribution in [0.5, 0.6) is 11.5 Å². The van der Waals surface area contributed by atoms with Crippen LogP contribution in [-0.2, 0) is 4.79 Å². The summed E-state index contributed by atoms with van der Waals surface area (Å²) in [6, 6.07) is 14.5. The monoisotopic (exact) mass is 381 g/mol. The van der Waals surface area contributed by atoms with Crippen LogP contribution in [0.4, 0.5) is 0 Å². The van der Waals surface area contributed by atoms with Crippen molar-refractivity contribution in [2.75, 3.05) is 33.0 Å². The Balaban J connectivity index is 1.31. The van der Waals surface area contributed by atoms with Gasteiger partial charge in [-0.05, 0) is 23.8 Å². The first kappa shape index (κ1) is 18.3. The summed E-state index contributed by atoms with van der Waals surface area (Å²) in [4.78, 5) is 28.9. The van der Waals surface area contributed by atoms with E-state index in [-0.39, 0.29) is 31.1 Å². The fourth-order valence-electron chi connectivity index (χ4n) is 3.51. The normalized spacial score (nSPS) is 16.8. The first-order valence-electron chi connectivity index (χ1n) is 9.39. The highest BCUT2D eigenvalue weighted by Gasteiger charge is 2.27. The van der Waals surface area contributed by atoms with Gasteiger partial charge in [0.25, 0.3) is 5.91 Å². The van der Waals surface area contributed by atoms with Crippen molar-refractivity contribution in [3.05, 3.63) is 59.7 Å². The first-order chi connectivity index (χ1) is 13.6.